The first-order chi connectivity index (χ1) is 7.83. The molecular formula is C13H14OS2. The quantitative estimate of drug-likeness (QED) is 0.871. The molecule has 2 aromatic heterocycles. The largest absolute Gasteiger partial charge is 0.396 e. The van der Waals surface area contributed by atoms with E-state index in [2.05, 4.69) is 42.0 Å². The second-order valence-electron chi connectivity index (χ2n) is 3.54. The molecule has 16 heavy (non-hydrogen) atoms. The van der Waals surface area contributed by atoms with Crippen molar-refractivity contribution in [1.29, 1.82) is 0 Å². The smallest absolute Gasteiger partial charge is 0.0465 e. The average molecular weight is 250 g/mol. The summed E-state index contributed by atoms with van der Waals surface area (Å²) in [6.45, 7) is 2.34. The average Bonchev–Trinajstić information content (AvgIpc) is 2.91. The van der Waals surface area contributed by atoms with Gasteiger partial charge in [-0.15, -0.1) is 22.7 Å². The Hall–Kier alpha value is -0.900. The van der Waals surface area contributed by atoms with E-state index in [9.17, 15) is 0 Å². The number of aryl methyl sites for hydroxylation is 1. The van der Waals surface area contributed by atoms with E-state index in [1.807, 2.05) is 0 Å². The molecule has 0 amide bonds. The molecule has 0 saturated carbocycles. The van der Waals surface area contributed by atoms with Gasteiger partial charge in [-0.1, -0.05) is 12.1 Å². The maximum absolute atomic E-state index is 8.94. The Morgan fingerprint density at radius 1 is 1.31 bits per heavy atom. The van der Waals surface area contributed by atoms with Crippen LogP contribution in [0.1, 0.15) is 21.7 Å². The van der Waals surface area contributed by atoms with Gasteiger partial charge in [0.15, 0.2) is 0 Å². The fourth-order valence-corrected chi connectivity index (χ4v) is 3.41. The van der Waals surface area contributed by atoms with Crippen molar-refractivity contribution >= 4 is 28.2 Å². The summed E-state index contributed by atoms with van der Waals surface area (Å²) in [6, 6.07) is 6.34. The van der Waals surface area contributed by atoms with E-state index in [4.69, 9.17) is 5.11 Å². The molecule has 2 heterocycles. The van der Waals surface area contributed by atoms with Gasteiger partial charge < -0.3 is 5.11 Å². The van der Waals surface area contributed by atoms with Crippen molar-refractivity contribution in [3.63, 3.8) is 0 Å². The van der Waals surface area contributed by atoms with E-state index in [1.165, 1.54) is 20.9 Å². The first-order valence-corrected chi connectivity index (χ1v) is 6.98. The van der Waals surface area contributed by atoms with Gasteiger partial charge in [-0.3, -0.25) is 0 Å². The van der Waals surface area contributed by atoms with Crippen LogP contribution in [0, 0.1) is 6.92 Å². The van der Waals surface area contributed by atoms with Crippen molar-refractivity contribution in [2.24, 2.45) is 0 Å². The normalized spacial score (nSPS) is 12.0. The Morgan fingerprint density at radius 3 is 2.75 bits per heavy atom. The zero-order valence-electron chi connectivity index (χ0n) is 9.14. The van der Waals surface area contributed by atoms with E-state index in [-0.39, 0.29) is 6.61 Å². The molecule has 0 aliphatic heterocycles. The van der Waals surface area contributed by atoms with Gasteiger partial charge in [0.05, 0.1) is 0 Å². The van der Waals surface area contributed by atoms with Gasteiger partial charge in [0.2, 0.25) is 0 Å². The first-order valence-electron chi connectivity index (χ1n) is 5.22. The van der Waals surface area contributed by atoms with E-state index in [1.54, 1.807) is 22.7 Å². The highest BCUT2D eigenvalue weighted by atomic mass is 32.1. The topological polar surface area (TPSA) is 20.2 Å². The minimum Gasteiger partial charge on any atom is -0.396 e. The predicted molar refractivity (Wildman–Crippen MR) is 72.2 cm³/mol. The lowest BCUT2D eigenvalue weighted by atomic mass is 10.1. The molecule has 2 aromatic rings. The predicted octanol–water partition coefficient (Wildman–Crippen LogP) is 3.93. The fraction of sp³-hybridized carbons (Fsp3) is 0.231. The number of thiophene rings is 2. The van der Waals surface area contributed by atoms with Crippen LogP contribution in [0.25, 0.3) is 5.57 Å². The van der Waals surface area contributed by atoms with E-state index in [0.29, 0.717) is 6.42 Å². The number of aliphatic hydroxyl groups is 1. The molecule has 0 aromatic carbocycles. The summed E-state index contributed by atoms with van der Waals surface area (Å²) < 4.78 is 0. The molecule has 0 fully saturated rings. The molecule has 0 radical (unpaired) electrons. The molecule has 0 unspecified atom stereocenters. The SMILES string of the molecule is Cc1ccsc1/C(=C/CCO)c1cccs1. The maximum Gasteiger partial charge on any atom is 0.0465 e. The summed E-state index contributed by atoms with van der Waals surface area (Å²) in [4.78, 5) is 2.59. The fourth-order valence-electron chi connectivity index (χ4n) is 1.59. The van der Waals surface area contributed by atoms with Crippen molar-refractivity contribution in [2.45, 2.75) is 13.3 Å². The van der Waals surface area contributed by atoms with Gasteiger partial charge in [-0.05, 0) is 41.8 Å². The van der Waals surface area contributed by atoms with Crippen molar-refractivity contribution in [3.8, 4) is 0 Å². The molecule has 0 atom stereocenters. The summed E-state index contributed by atoms with van der Waals surface area (Å²) in [5.41, 5.74) is 2.57. The summed E-state index contributed by atoms with van der Waals surface area (Å²) in [7, 11) is 0. The number of aliphatic hydroxyl groups excluding tert-OH is 1. The van der Waals surface area contributed by atoms with Crippen LogP contribution >= 0.6 is 22.7 Å². The molecule has 0 aliphatic carbocycles. The highest BCUT2D eigenvalue weighted by Crippen LogP contribution is 2.33. The Kier molecular flexibility index (Phi) is 3.93. The molecule has 3 heteroatoms. The first kappa shape index (κ1) is 11.6. The van der Waals surface area contributed by atoms with E-state index >= 15 is 0 Å². The molecule has 1 nitrogen and oxygen atoms in total. The van der Waals surface area contributed by atoms with Crippen molar-refractivity contribution in [3.05, 3.63) is 50.4 Å². The Balaban J connectivity index is 2.40. The van der Waals surface area contributed by atoms with E-state index < -0.39 is 0 Å². The zero-order valence-corrected chi connectivity index (χ0v) is 10.8. The maximum atomic E-state index is 8.94. The Morgan fingerprint density at radius 2 is 2.19 bits per heavy atom. The molecular weight excluding hydrogens is 236 g/mol. The Bertz CT molecular complexity index is 466. The summed E-state index contributed by atoms with van der Waals surface area (Å²) in [6.07, 6.45) is 2.84. The number of hydrogen-bond acceptors (Lipinski definition) is 3. The molecule has 0 saturated heterocycles. The molecule has 1 N–H and O–H groups in total. The standard InChI is InChI=1S/C13H14OS2/c1-10-6-9-16-13(10)11(4-2-7-14)12-5-3-8-15-12/h3-6,8-9,14H,2,7H2,1H3/b11-4+. The van der Waals surface area contributed by atoms with Crippen molar-refractivity contribution in [1.82, 2.24) is 0 Å². The van der Waals surface area contributed by atoms with Crippen LogP contribution in [-0.4, -0.2) is 11.7 Å². The summed E-state index contributed by atoms with van der Waals surface area (Å²) >= 11 is 3.51. The third-order valence-electron chi connectivity index (χ3n) is 2.37. The lowest BCUT2D eigenvalue weighted by Gasteiger charge is -2.04. The van der Waals surface area contributed by atoms with Crippen LogP contribution in [0.3, 0.4) is 0 Å². The van der Waals surface area contributed by atoms with Crippen LogP contribution in [0.5, 0.6) is 0 Å². The molecule has 2 rings (SSSR count). The van der Waals surface area contributed by atoms with Crippen LogP contribution in [0.15, 0.2) is 35.0 Å². The molecule has 0 aliphatic rings. The minimum absolute atomic E-state index is 0.208. The van der Waals surface area contributed by atoms with Gasteiger partial charge in [-0.25, -0.2) is 0 Å². The van der Waals surface area contributed by atoms with Crippen molar-refractivity contribution < 1.29 is 5.11 Å². The lowest BCUT2D eigenvalue weighted by Crippen LogP contribution is -1.86. The van der Waals surface area contributed by atoms with Gasteiger partial charge in [0.25, 0.3) is 0 Å². The minimum atomic E-state index is 0.208. The third kappa shape index (κ3) is 2.43. The van der Waals surface area contributed by atoms with Crippen LogP contribution < -0.4 is 0 Å². The van der Waals surface area contributed by atoms with Gasteiger partial charge in [-0.2, -0.15) is 0 Å². The van der Waals surface area contributed by atoms with E-state index in [0.717, 1.165) is 0 Å². The van der Waals surface area contributed by atoms with Crippen LogP contribution in [0.2, 0.25) is 0 Å². The summed E-state index contributed by atoms with van der Waals surface area (Å²) in [5, 5.41) is 13.1. The molecule has 84 valence electrons. The third-order valence-corrected chi connectivity index (χ3v) is 4.32. The molecule has 0 bridgehead atoms. The highest BCUT2D eigenvalue weighted by molar-refractivity contribution is 7.13. The van der Waals surface area contributed by atoms with Gasteiger partial charge >= 0.3 is 0 Å². The molecule has 0 spiro atoms. The van der Waals surface area contributed by atoms with Crippen molar-refractivity contribution in [2.75, 3.05) is 6.61 Å². The van der Waals surface area contributed by atoms with Gasteiger partial charge in [0, 0.05) is 21.9 Å². The van der Waals surface area contributed by atoms with Crippen LogP contribution in [0.4, 0.5) is 0 Å². The van der Waals surface area contributed by atoms with Crippen LogP contribution in [-0.2, 0) is 0 Å². The second-order valence-corrected chi connectivity index (χ2v) is 5.40. The Labute approximate surface area is 104 Å². The summed E-state index contributed by atoms with van der Waals surface area (Å²) in [5.74, 6) is 0. The number of hydrogen-bond donors (Lipinski definition) is 1. The monoisotopic (exact) mass is 250 g/mol. The van der Waals surface area contributed by atoms with Gasteiger partial charge in [0.1, 0.15) is 0 Å². The second kappa shape index (κ2) is 5.43. The zero-order chi connectivity index (χ0) is 11.4. The number of rotatable bonds is 4. The highest BCUT2D eigenvalue weighted by Gasteiger charge is 2.09. The lowest BCUT2D eigenvalue weighted by molar-refractivity contribution is 0.303.